The lowest BCUT2D eigenvalue weighted by molar-refractivity contribution is -0.384. The molecule has 7 nitrogen and oxygen atoms in total. The number of nitro benzene ring substituents is 1. The summed E-state index contributed by atoms with van der Waals surface area (Å²) >= 11 is 0. The number of sulfone groups is 1. The third-order valence-corrected chi connectivity index (χ3v) is 6.31. The normalized spacial score (nSPS) is 15.5. The lowest BCUT2D eigenvalue weighted by Gasteiger charge is -2.34. The smallest absolute Gasteiger partial charge is 0.341 e. The van der Waals surface area contributed by atoms with Crippen molar-refractivity contribution in [1.29, 1.82) is 0 Å². The van der Waals surface area contributed by atoms with Gasteiger partial charge in [-0.1, -0.05) is 12.1 Å². The Balaban J connectivity index is 1.75. The molecule has 3 rings (SSSR count). The summed E-state index contributed by atoms with van der Waals surface area (Å²) in [5, 5.41) is 14.9. The van der Waals surface area contributed by atoms with Crippen molar-refractivity contribution in [2.45, 2.75) is 36.5 Å². The Morgan fingerprint density at radius 2 is 1.86 bits per heavy atom. The molecule has 0 aromatic heterocycles. The monoisotopic (exact) mass is 425 g/mol. The van der Waals surface area contributed by atoms with E-state index < -0.39 is 31.1 Å². The zero-order chi connectivity index (χ0) is 21.2. The number of anilines is 2. The van der Waals surface area contributed by atoms with Crippen LogP contribution in [0.5, 0.6) is 0 Å². The predicted molar refractivity (Wildman–Crippen MR) is 106 cm³/mol. The second-order valence-electron chi connectivity index (χ2n) is 6.99. The van der Waals surface area contributed by atoms with Gasteiger partial charge in [0.05, 0.1) is 9.82 Å². The number of alkyl halides is 2. The first-order chi connectivity index (χ1) is 13.7. The maximum atomic E-state index is 12.8. The fourth-order valence-corrected chi connectivity index (χ4v) is 4.17. The number of piperidine rings is 1. The SMILES string of the molecule is Cc1cccc(NC2CCN(c3ccc(S(=O)(=O)C(F)F)cc3[N+](=O)[O-])CC2)c1. The number of rotatable bonds is 6. The fraction of sp³-hybridized carbons (Fsp3) is 0.368. The summed E-state index contributed by atoms with van der Waals surface area (Å²) in [7, 11) is -4.89. The summed E-state index contributed by atoms with van der Waals surface area (Å²) in [5.74, 6) is -3.63. The molecule has 0 amide bonds. The standard InChI is InChI=1S/C19H21F2N3O4S/c1-13-3-2-4-15(11-13)22-14-7-9-23(10-8-14)17-6-5-16(12-18(17)24(25)26)29(27,28)19(20)21/h2-6,11-12,14,19,22H,7-10H2,1H3. The van der Waals surface area contributed by atoms with Crippen molar-refractivity contribution in [2.24, 2.45) is 0 Å². The van der Waals surface area contributed by atoms with Crippen LogP contribution in [0.3, 0.4) is 0 Å². The molecule has 10 heteroatoms. The van der Waals surface area contributed by atoms with Gasteiger partial charge in [-0.25, -0.2) is 8.42 Å². The Morgan fingerprint density at radius 1 is 1.17 bits per heavy atom. The van der Waals surface area contributed by atoms with Crippen LogP contribution in [0.4, 0.5) is 25.8 Å². The second-order valence-corrected chi connectivity index (χ2v) is 8.91. The lowest BCUT2D eigenvalue weighted by atomic mass is 10.0. The zero-order valence-electron chi connectivity index (χ0n) is 15.7. The Hall–Kier alpha value is -2.75. The molecule has 2 aromatic carbocycles. The number of halogens is 2. The summed E-state index contributed by atoms with van der Waals surface area (Å²) in [6, 6.07) is 11.1. The van der Waals surface area contributed by atoms with Gasteiger partial charge in [0.2, 0.25) is 9.84 Å². The largest absolute Gasteiger partial charge is 0.382 e. The minimum Gasteiger partial charge on any atom is -0.382 e. The van der Waals surface area contributed by atoms with E-state index in [4.69, 9.17) is 0 Å². The molecule has 1 aliphatic heterocycles. The van der Waals surface area contributed by atoms with E-state index >= 15 is 0 Å². The van der Waals surface area contributed by atoms with Crippen LogP contribution in [-0.2, 0) is 9.84 Å². The molecule has 0 aliphatic carbocycles. The molecule has 0 spiro atoms. The van der Waals surface area contributed by atoms with Crippen molar-refractivity contribution in [2.75, 3.05) is 23.3 Å². The maximum Gasteiger partial charge on any atom is 0.341 e. The number of benzene rings is 2. The summed E-state index contributed by atoms with van der Waals surface area (Å²) in [6.45, 7) is 3.04. The van der Waals surface area contributed by atoms with Gasteiger partial charge in [0, 0.05) is 30.9 Å². The molecule has 1 fully saturated rings. The van der Waals surface area contributed by atoms with Gasteiger partial charge in [-0.05, 0) is 49.6 Å². The van der Waals surface area contributed by atoms with E-state index in [2.05, 4.69) is 5.32 Å². The number of nitrogens with zero attached hydrogens (tertiary/aromatic N) is 2. The number of aryl methyl sites for hydroxylation is 1. The van der Waals surface area contributed by atoms with Crippen LogP contribution in [0.2, 0.25) is 0 Å². The van der Waals surface area contributed by atoms with E-state index in [1.807, 2.05) is 31.2 Å². The molecular formula is C19H21F2N3O4S. The minimum absolute atomic E-state index is 0.200. The van der Waals surface area contributed by atoms with Crippen LogP contribution in [0, 0.1) is 17.0 Å². The molecule has 1 saturated heterocycles. The molecule has 1 heterocycles. The van der Waals surface area contributed by atoms with Crippen molar-refractivity contribution in [3.8, 4) is 0 Å². The number of hydrogen-bond acceptors (Lipinski definition) is 6. The highest BCUT2D eigenvalue weighted by molar-refractivity contribution is 7.91. The van der Waals surface area contributed by atoms with E-state index in [0.29, 0.717) is 19.2 Å². The summed E-state index contributed by atoms with van der Waals surface area (Å²) < 4.78 is 48.8. The average molecular weight is 425 g/mol. The highest BCUT2D eigenvalue weighted by Crippen LogP contribution is 2.34. The lowest BCUT2D eigenvalue weighted by Crippen LogP contribution is -2.39. The summed E-state index contributed by atoms with van der Waals surface area (Å²) in [4.78, 5) is 11.7. The highest BCUT2D eigenvalue weighted by atomic mass is 32.2. The minimum atomic E-state index is -4.89. The zero-order valence-corrected chi connectivity index (χ0v) is 16.5. The van der Waals surface area contributed by atoms with Crippen molar-refractivity contribution in [3.05, 3.63) is 58.1 Å². The fourth-order valence-electron chi connectivity index (χ4n) is 3.43. The molecule has 1 N–H and O–H groups in total. The second kappa shape index (κ2) is 8.32. The summed E-state index contributed by atoms with van der Waals surface area (Å²) in [6.07, 6.45) is 1.45. The van der Waals surface area contributed by atoms with E-state index in [-0.39, 0.29) is 11.7 Å². The van der Waals surface area contributed by atoms with Crippen LogP contribution in [0.25, 0.3) is 0 Å². The van der Waals surface area contributed by atoms with Gasteiger partial charge in [0.1, 0.15) is 5.69 Å². The molecule has 2 aromatic rings. The maximum absolute atomic E-state index is 12.8. The topological polar surface area (TPSA) is 92.6 Å². The van der Waals surface area contributed by atoms with Crippen molar-refractivity contribution < 1.29 is 22.1 Å². The van der Waals surface area contributed by atoms with Crippen molar-refractivity contribution in [3.63, 3.8) is 0 Å². The third-order valence-electron chi connectivity index (χ3n) is 4.93. The third kappa shape index (κ3) is 4.64. The van der Waals surface area contributed by atoms with Gasteiger partial charge in [-0.15, -0.1) is 0 Å². The molecular weight excluding hydrogens is 404 g/mol. The molecule has 0 atom stereocenters. The van der Waals surface area contributed by atoms with Crippen LogP contribution in [0.1, 0.15) is 18.4 Å². The van der Waals surface area contributed by atoms with Gasteiger partial charge >= 0.3 is 5.76 Å². The number of nitrogens with one attached hydrogen (secondary N) is 1. The van der Waals surface area contributed by atoms with Crippen LogP contribution >= 0.6 is 0 Å². The van der Waals surface area contributed by atoms with Crippen LogP contribution in [0.15, 0.2) is 47.4 Å². The molecule has 29 heavy (non-hydrogen) atoms. The van der Waals surface area contributed by atoms with E-state index in [1.54, 1.807) is 4.90 Å². The first kappa shape index (κ1) is 21.0. The van der Waals surface area contributed by atoms with E-state index in [0.717, 1.165) is 30.2 Å². The Bertz CT molecular complexity index is 1010. The number of hydrogen-bond donors (Lipinski definition) is 1. The van der Waals surface area contributed by atoms with E-state index in [1.165, 1.54) is 6.07 Å². The molecule has 0 saturated carbocycles. The molecule has 156 valence electrons. The van der Waals surface area contributed by atoms with Crippen molar-refractivity contribution in [1.82, 2.24) is 0 Å². The number of nitro groups is 1. The van der Waals surface area contributed by atoms with Crippen LogP contribution < -0.4 is 10.2 Å². The quantitative estimate of drug-likeness (QED) is 0.556. The Labute approximate surface area is 167 Å². The predicted octanol–water partition coefficient (Wildman–Crippen LogP) is 3.98. The highest BCUT2D eigenvalue weighted by Gasteiger charge is 2.31. The first-order valence-electron chi connectivity index (χ1n) is 9.07. The first-order valence-corrected chi connectivity index (χ1v) is 10.6. The molecule has 1 aliphatic rings. The van der Waals surface area contributed by atoms with Gasteiger partial charge in [0.25, 0.3) is 5.69 Å². The van der Waals surface area contributed by atoms with Gasteiger partial charge in [-0.3, -0.25) is 10.1 Å². The van der Waals surface area contributed by atoms with E-state index in [9.17, 15) is 27.3 Å². The van der Waals surface area contributed by atoms with Gasteiger partial charge < -0.3 is 10.2 Å². The summed E-state index contributed by atoms with van der Waals surface area (Å²) in [5.41, 5.74) is 1.90. The Morgan fingerprint density at radius 3 is 2.45 bits per heavy atom. The van der Waals surface area contributed by atoms with Crippen LogP contribution in [-0.4, -0.2) is 38.2 Å². The van der Waals surface area contributed by atoms with Crippen molar-refractivity contribution >= 4 is 26.9 Å². The molecule has 0 unspecified atom stereocenters. The van der Waals surface area contributed by atoms with Gasteiger partial charge in [-0.2, -0.15) is 8.78 Å². The molecule has 0 bridgehead atoms. The Kier molecular flexibility index (Phi) is 6.02. The molecule has 0 radical (unpaired) electrons. The average Bonchev–Trinajstić information content (AvgIpc) is 2.68. The van der Waals surface area contributed by atoms with Gasteiger partial charge in [0.15, 0.2) is 0 Å².